The van der Waals surface area contributed by atoms with Crippen molar-refractivity contribution in [1.82, 2.24) is 14.5 Å². The second kappa shape index (κ2) is 8.19. The lowest BCUT2D eigenvalue weighted by molar-refractivity contribution is -0.117. The summed E-state index contributed by atoms with van der Waals surface area (Å²) >= 11 is 0. The fraction of sp³-hybridized carbons (Fsp3) is 0.391. The molecule has 0 saturated heterocycles. The number of aryl methyl sites for hydroxylation is 2. The molecule has 31 heavy (non-hydrogen) atoms. The van der Waals surface area contributed by atoms with E-state index >= 15 is 0 Å². The van der Waals surface area contributed by atoms with Crippen molar-refractivity contribution < 1.29 is 15.7 Å². The Bertz CT molecular complexity index is 1270. The van der Waals surface area contributed by atoms with Crippen molar-refractivity contribution in [2.75, 3.05) is 5.32 Å². The van der Waals surface area contributed by atoms with E-state index in [1.54, 1.807) is 38.4 Å². The van der Waals surface area contributed by atoms with E-state index in [2.05, 4.69) is 15.3 Å². The summed E-state index contributed by atoms with van der Waals surface area (Å²) in [6.07, 6.45) is 1.30. The number of nitrogens with zero attached hydrogens (tertiary/aromatic N) is 3. The summed E-state index contributed by atoms with van der Waals surface area (Å²) in [5.74, 6) is -0.779. The van der Waals surface area contributed by atoms with E-state index in [4.69, 9.17) is 1.37 Å². The number of aromatic nitrogens is 3. The molecule has 2 N–H and O–H groups in total. The lowest BCUT2D eigenvalue weighted by Crippen LogP contribution is -2.20. The molecule has 0 spiro atoms. The van der Waals surface area contributed by atoms with Gasteiger partial charge in [0.2, 0.25) is 5.91 Å². The van der Waals surface area contributed by atoms with E-state index in [1.807, 2.05) is 6.92 Å². The highest BCUT2D eigenvalue weighted by atomic mass is 19.1. The van der Waals surface area contributed by atoms with Gasteiger partial charge < -0.3 is 15.0 Å². The first-order chi connectivity index (χ1) is 15.1. The van der Waals surface area contributed by atoms with Crippen LogP contribution >= 0.6 is 0 Å². The molecule has 3 aromatic heterocycles. The third-order valence-corrected chi connectivity index (χ3v) is 5.59. The molecule has 3 aromatic rings. The molecule has 1 aliphatic carbocycles. The first kappa shape index (κ1) is 19.8. The Balaban J connectivity index is 1.71. The van der Waals surface area contributed by atoms with Gasteiger partial charge in [-0.25, -0.2) is 9.37 Å². The molecule has 1 fully saturated rings. The Morgan fingerprint density at radius 3 is 2.74 bits per heavy atom. The molecule has 0 aromatic carbocycles. The number of carbonyl (C=O) groups excluding carboxylic acids is 1. The Morgan fingerprint density at radius 2 is 2.10 bits per heavy atom. The lowest BCUT2D eigenvalue weighted by Gasteiger charge is -2.14. The van der Waals surface area contributed by atoms with E-state index in [-0.39, 0.29) is 29.9 Å². The molecule has 1 amide bonds. The van der Waals surface area contributed by atoms with Gasteiger partial charge in [0, 0.05) is 42.0 Å². The minimum Gasteiger partial charge on any atom is -0.387 e. The van der Waals surface area contributed by atoms with E-state index in [1.165, 1.54) is 10.8 Å². The van der Waals surface area contributed by atoms with Crippen molar-refractivity contribution in [2.24, 2.45) is 13.0 Å². The Labute approximate surface area is 180 Å². The standard InChI is InChI=1S/C23H25FN4O3/c1-4-5-20(29)18-6-12(2)16(11-25-18)14-7-13-10-26-21(9-19(13)28(3)23(14)31)27-22(30)15-8-17(15)24/h6-7,9-11,15,17,20,29H,4-5,8H2,1-3H3,(H,26,27,30)/t15-,17+,20-/m1/s1/i20D. The van der Waals surface area contributed by atoms with Crippen LogP contribution in [0, 0.1) is 12.8 Å². The average Bonchev–Trinajstić information content (AvgIpc) is 3.48. The molecular formula is C23H25FN4O3. The highest BCUT2D eigenvalue weighted by molar-refractivity contribution is 5.95. The van der Waals surface area contributed by atoms with Gasteiger partial charge in [-0.15, -0.1) is 0 Å². The van der Waals surface area contributed by atoms with Gasteiger partial charge in [-0.2, -0.15) is 0 Å². The van der Waals surface area contributed by atoms with Gasteiger partial charge in [0.15, 0.2) is 0 Å². The zero-order valence-corrected chi connectivity index (χ0v) is 17.6. The maximum atomic E-state index is 13.1. The van der Waals surface area contributed by atoms with Gasteiger partial charge in [-0.05, 0) is 37.5 Å². The smallest absolute Gasteiger partial charge is 0.258 e. The number of hydrogen-bond acceptors (Lipinski definition) is 5. The number of aliphatic hydroxyl groups is 1. The lowest BCUT2D eigenvalue weighted by atomic mass is 10.0. The first-order valence-corrected chi connectivity index (χ1v) is 10.3. The van der Waals surface area contributed by atoms with Gasteiger partial charge in [-0.1, -0.05) is 13.3 Å². The summed E-state index contributed by atoms with van der Waals surface area (Å²) in [6.45, 7) is 3.69. The van der Waals surface area contributed by atoms with Crippen LogP contribution in [0.4, 0.5) is 10.2 Å². The van der Waals surface area contributed by atoms with Gasteiger partial charge in [0.25, 0.3) is 5.56 Å². The van der Waals surface area contributed by atoms with Crippen molar-refractivity contribution >= 4 is 22.6 Å². The SMILES string of the molecule is [2H][C@@](O)(CCC)c1cc(C)c(-c2cc3cnc(NC(=O)[C@@H]4C[C@@H]4F)cc3n(C)c2=O)cn1. The second-order valence-corrected chi connectivity index (χ2v) is 7.98. The number of halogens is 1. The van der Waals surface area contributed by atoms with Gasteiger partial charge in [-0.3, -0.25) is 14.6 Å². The van der Waals surface area contributed by atoms with Crippen molar-refractivity contribution in [3.63, 3.8) is 0 Å². The van der Waals surface area contributed by atoms with Crippen LogP contribution in [-0.4, -0.2) is 31.7 Å². The van der Waals surface area contributed by atoms with Crippen LogP contribution in [-0.2, 0) is 11.8 Å². The van der Waals surface area contributed by atoms with E-state index in [9.17, 15) is 19.1 Å². The van der Waals surface area contributed by atoms with Crippen LogP contribution < -0.4 is 10.9 Å². The zero-order chi connectivity index (χ0) is 23.2. The molecule has 3 heterocycles. The molecule has 4 rings (SSSR count). The topological polar surface area (TPSA) is 97.1 Å². The second-order valence-electron chi connectivity index (χ2n) is 7.98. The number of amides is 1. The van der Waals surface area contributed by atoms with Crippen LogP contribution in [0.3, 0.4) is 0 Å². The Hall–Kier alpha value is -3.13. The number of alkyl halides is 1. The third kappa shape index (κ3) is 4.07. The van der Waals surface area contributed by atoms with Gasteiger partial charge in [0.1, 0.15) is 12.0 Å². The normalized spacial score (nSPS) is 20.2. The molecule has 8 heteroatoms. The summed E-state index contributed by atoms with van der Waals surface area (Å²) in [7, 11) is 1.62. The van der Waals surface area contributed by atoms with Crippen molar-refractivity contribution in [3.8, 4) is 11.1 Å². The molecule has 1 aliphatic rings. The average molecular weight is 425 g/mol. The summed E-state index contributed by atoms with van der Waals surface area (Å²) in [6, 6.07) is 4.93. The van der Waals surface area contributed by atoms with Crippen LogP contribution in [0.25, 0.3) is 22.0 Å². The van der Waals surface area contributed by atoms with Gasteiger partial charge >= 0.3 is 0 Å². The minimum atomic E-state index is -1.78. The summed E-state index contributed by atoms with van der Waals surface area (Å²) in [5, 5.41) is 13.6. The predicted molar refractivity (Wildman–Crippen MR) is 116 cm³/mol. The van der Waals surface area contributed by atoms with Crippen molar-refractivity contribution in [3.05, 3.63) is 52.2 Å². The van der Waals surface area contributed by atoms with E-state index < -0.39 is 24.1 Å². The summed E-state index contributed by atoms with van der Waals surface area (Å²) < 4.78 is 22.7. The molecular weight excluding hydrogens is 399 g/mol. The number of anilines is 1. The number of hydrogen-bond donors (Lipinski definition) is 2. The number of carbonyl (C=O) groups is 1. The number of fused-ring (bicyclic) bond motifs is 1. The Morgan fingerprint density at radius 1 is 1.35 bits per heavy atom. The van der Waals surface area contributed by atoms with Crippen molar-refractivity contribution in [2.45, 2.75) is 45.4 Å². The highest BCUT2D eigenvalue weighted by Gasteiger charge is 2.43. The number of pyridine rings is 3. The molecule has 0 radical (unpaired) electrons. The molecule has 1 saturated carbocycles. The van der Waals surface area contributed by atoms with Crippen LogP contribution in [0.2, 0.25) is 0 Å². The fourth-order valence-electron chi connectivity index (χ4n) is 3.64. The molecule has 0 unspecified atom stereocenters. The highest BCUT2D eigenvalue weighted by Crippen LogP contribution is 2.34. The summed E-state index contributed by atoms with van der Waals surface area (Å²) in [5.41, 5.74) is 2.28. The van der Waals surface area contributed by atoms with Crippen LogP contribution in [0.5, 0.6) is 0 Å². The Kier molecular flexibility index (Phi) is 5.23. The van der Waals surface area contributed by atoms with Crippen LogP contribution in [0.1, 0.15) is 44.9 Å². The van der Waals surface area contributed by atoms with Crippen molar-refractivity contribution in [1.29, 1.82) is 0 Å². The maximum Gasteiger partial charge on any atom is 0.258 e. The monoisotopic (exact) mass is 425 g/mol. The fourth-order valence-corrected chi connectivity index (χ4v) is 3.64. The number of rotatable bonds is 6. The largest absolute Gasteiger partial charge is 0.387 e. The number of nitrogens with one attached hydrogen (secondary N) is 1. The quantitative estimate of drug-likeness (QED) is 0.631. The third-order valence-electron chi connectivity index (χ3n) is 5.59. The maximum absolute atomic E-state index is 13.1. The molecule has 3 atom stereocenters. The van der Waals surface area contributed by atoms with E-state index in [0.717, 1.165) is 5.56 Å². The molecule has 7 nitrogen and oxygen atoms in total. The first-order valence-electron chi connectivity index (χ1n) is 10.8. The molecule has 0 bridgehead atoms. The predicted octanol–water partition coefficient (Wildman–Crippen LogP) is 3.43. The minimum absolute atomic E-state index is 0.226. The molecule has 0 aliphatic heterocycles. The summed E-state index contributed by atoms with van der Waals surface area (Å²) in [4.78, 5) is 33.6. The van der Waals surface area contributed by atoms with Gasteiger partial charge in [0.05, 0.1) is 24.6 Å². The van der Waals surface area contributed by atoms with Crippen LogP contribution in [0.15, 0.2) is 35.4 Å². The molecule has 162 valence electrons. The van der Waals surface area contributed by atoms with E-state index in [0.29, 0.717) is 28.5 Å². The zero-order valence-electron chi connectivity index (χ0n) is 18.6.